The zero-order valence-electron chi connectivity index (χ0n) is 10.2. The first-order valence-electron chi connectivity index (χ1n) is 5.86. The highest BCUT2D eigenvalue weighted by atomic mass is 16.1. The summed E-state index contributed by atoms with van der Waals surface area (Å²) in [5.74, 6) is 0.926. The van der Waals surface area contributed by atoms with Gasteiger partial charge in [0.15, 0.2) is 0 Å². The van der Waals surface area contributed by atoms with Crippen molar-refractivity contribution in [2.24, 2.45) is 10.9 Å². The Labute approximate surface area is 101 Å². The van der Waals surface area contributed by atoms with Gasteiger partial charge in [0.2, 0.25) is 5.91 Å². The van der Waals surface area contributed by atoms with Gasteiger partial charge in [-0.25, -0.2) is 0 Å². The average molecular weight is 231 g/mol. The van der Waals surface area contributed by atoms with E-state index < -0.39 is 0 Å². The van der Waals surface area contributed by atoms with Gasteiger partial charge in [0.1, 0.15) is 5.84 Å². The highest BCUT2D eigenvalue weighted by Crippen LogP contribution is 2.13. The molecule has 17 heavy (non-hydrogen) atoms. The molecule has 0 atom stereocenters. The second-order valence-electron chi connectivity index (χ2n) is 4.38. The Balaban J connectivity index is 2.14. The summed E-state index contributed by atoms with van der Waals surface area (Å²) < 4.78 is 0. The second-order valence-corrected chi connectivity index (χ2v) is 4.38. The number of benzene rings is 1. The summed E-state index contributed by atoms with van der Waals surface area (Å²) in [6.45, 7) is 5.46. The van der Waals surface area contributed by atoms with Crippen LogP contribution in [0.15, 0.2) is 29.3 Å². The van der Waals surface area contributed by atoms with E-state index in [1.165, 1.54) is 0 Å². The molecule has 4 heteroatoms. The van der Waals surface area contributed by atoms with Gasteiger partial charge in [0, 0.05) is 23.7 Å². The number of amides is 1. The van der Waals surface area contributed by atoms with E-state index in [0.717, 1.165) is 30.2 Å². The first-order chi connectivity index (χ1) is 8.16. The van der Waals surface area contributed by atoms with E-state index in [4.69, 9.17) is 0 Å². The van der Waals surface area contributed by atoms with Crippen LogP contribution in [0.25, 0.3) is 0 Å². The van der Waals surface area contributed by atoms with E-state index in [1.807, 2.05) is 38.1 Å². The quantitative estimate of drug-likeness (QED) is 0.830. The Kier molecular flexibility index (Phi) is 3.42. The number of carbonyl (C=O) groups is 1. The van der Waals surface area contributed by atoms with Crippen molar-refractivity contribution in [2.75, 3.05) is 18.4 Å². The van der Waals surface area contributed by atoms with Crippen molar-refractivity contribution in [3.05, 3.63) is 29.8 Å². The molecule has 0 unspecified atom stereocenters. The van der Waals surface area contributed by atoms with E-state index >= 15 is 0 Å². The molecule has 1 aromatic rings. The van der Waals surface area contributed by atoms with Crippen LogP contribution in [-0.2, 0) is 4.79 Å². The van der Waals surface area contributed by atoms with E-state index in [0.29, 0.717) is 0 Å². The number of carbonyl (C=O) groups excluding carboxylic acids is 1. The van der Waals surface area contributed by atoms with Crippen LogP contribution in [0.4, 0.5) is 5.69 Å². The van der Waals surface area contributed by atoms with Gasteiger partial charge in [-0.05, 0) is 12.1 Å². The molecule has 0 aromatic heterocycles. The molecule has 0 saturated carbocycles. The SMILES string of the molecule is CC(C)C(=O)Nc1cccc(C2=NCCN2)c1. The standard InChI is InChI=1S/C13H17N3O/c1-9(2)13(17)16-11-5-3-4-10(8-11)12-14-6-7-15-12/h3-5,8-9H,6-7H2,1-2H3,(H,14,15)(H,16,17). The molecule has 1 heterocycles. The maximum absolute atomic E-state index is 11.6. The Hall–Kier alpha value is -1.84. The predicted molar refractivity (Wildman–Crippen MR) is 69.3 cm³/mol. The van der Waals surface area contributed by atoms with Crippen molar-refractivity contribution in [3.8, 4) is 0 Å². The zero-order valence-corrected chi connectivity index (χ0v) is 10.2. The van der Waals surface area contributed by atoms with E-state index in [9.17, 15) is 4.79 Å². The fraction of sp³-hybridized carbons (Fsp3) is 0.385. The van der Waals surface area contributed by atoms with Gasteiger partial charge in [0.25, 0.3) is 0 Å². The highest BCUT2D eigenvalue weighted by Gasteiger charge is 2.10. The maximum Gasteiger partial charge on any atom is 0.226 e. The molecule has 1 aliphatic heterocycles. The zero-order chi connectivity index (χ0) is 12.3. The number of anilines is 1. The molecule has 2 N–H and O–H groups in total. The molecule has 0 fully saturated rings. The van der Waals surface area contributed by atoms with Crippen LogP contribution in [0.5, 0.6) is 0 Å². The Morgan fingerprint density at radius 1 is 1.47 bits per heavy atom. The number of rotatable bonds is 3. The maximum atomic E-state index is 11.6. The number of aliphatic imine (C=N–C) groups is 1. The van der Waals surface area contributed by atoms with Crippen molar-refractivity contribution in [1.29, 1.82) is 0 Å². The van der Waals surface area contributed by atoms with Gasteiger partial charge in [-0.2, -0.15) is 0 Å². The topological polar surface area (TPSA) is 53.5 Å². The third kappa shape index (κ3) is 2.84. The minimum absolute atomic E-state index is 0.0133. The highest BCUT2D eigenvalue weighted by molar-refractivity contribution is 6.01. The summed E-state index contributed by atoms with van der Waals surface area (Å²) in [6, 6.07) is 7.74. The van der Waals surface area contributed by atoms with Crippen LogP contribution in [0.3, 0.4) is 0 Å². The third-order valence-electron chi connectivity index (χ3n) is 2.60. The molecular weight excluding hydrogens is 214 g/mol. The van der Waals surface area contributed by atoms with Crippen LogP contribution in [-0.4, -0.2) is 24.8 Å². The van der Waals surface area contributed by atoms with Crippen LogP contribution < -0.4 is 10.6 Å². The molecule has 0 aliphatic carbocycles. The molecule has 0 saturated heterocycles. The third-order valence-corrected chi connectivity index (χ3v) is 2.60. The fourth-order valence-corrected chi connectivity index (χ4v) is 1.62. The summed E-state index contributed by atoms with van der Waals surface area (Å²) in [5.41, 5.74) is 1.83. The Morgan fingerprint density at radius 2 is 2.29 bits per heavy atom. The summed E-state index contributed by atoms with van der Waals surface area (Å²) in [7, 11) is 0. The lowest BCUT2D eigenvalue weighted by Crippen LogP contribution is -2.20. The van der Waals surface area contributed by atoms with Crippen molar-refractivity contribution in [3.63, 3.8) is 0 Å². The lowest BCUT2D eigenvalue weighted by Gasteiger charge is -2.09. The molecule has 1 aliphatic rings. The molecule has 0 spiro atoms. The summed E-state index contributed by atoms with van der Waals surface area (Å²) in [4.78, 5) is 15.9. The van der Waals surface area contributed by atoms with Crippen molar-refractivity contribution < 1.29 is 4.79 Å². The van der Waals surface area contributed by atoms with Crippen LogP contribution in [0.1, 0.15) is 19.4 Å². The number of amidine groups is 1. The Bertz CT molecular complexity index is 452. The molecule has 0 bridgehead atoms. The minimum atomic E-state index is -0.0133. The molecule has 4 nitrogen and oxygen atoms in total. The smallest absolute Gasteiger partial charge is 0.226 e. The first-order valence-corrected chi connectivity index (χ1v) is 5.86. The summed E-state index contributed by atoms with van der Waals surface area (Å²) in [6.07, 6.45) is 0. The fourth-order valence-electron chi connectivity index (χ4n) is 1.62. The monoisotopic (exact) mass is 231 g/mol. The van der Waals surface area contributed by atoms with Crippen LogP contribution >= 0.6 is 0 Å². The number of hydrogen-bond donors (Lipinski definition) is 2. The van der Waals surface area contributed by atoms with Crippen LogP contribution in [0, 0.1) is 5.92 Å². The van der Waals surface area contributed by atoms with Gasteiger partial charge in [-0.1, -0.05) is 26.0 Å². The van der Waals surface area contributed by atoms with Crippen LogP contribution in [0.2, 0.25) is 0 Å². The van der Waals surface area contributed by atoms with Crippen molar-refractivity contribution >= 4 is 17.4 Å². The number of nitrogens with zero attached hydrogens (tertiary/aromatic N) is 1. The van der Waals surface area contributed by atoms with Gasteiger partial charge in [-0.15, -0.1) is 0 Å². The second kappa shape index (κ2) is 4.99. The normalized spacial score (nSPS) is 14.4. The van der Waals surface area contributed by atoms with Gasteiger partial charge in [0.05, 0.1) is 6.54 Å². The lowest BCUT2D eigenvalue weighted by molar-refractivity contribution is -0.118. The van der Waals surface area contributed by atoms with Crippen molar-refractivity contribution in [1.82, 2.24) is 5.32 Å². The van der Waals surface area contributed by atoms with Crippen molar-refractivity contribution in [2.45, 2.75) is 13.8 Å². The molecular formula is C13H17N3O. The largest absolute Gasteiger partial charge is 0.368 e. The van der Waals surface area contributed by atoms with Gasteiger partial charge in [-0.3, -0.25) is 9.79 Å². The average Bonchev–Trinajstić information content (AvgIpc) is 2.82. The first kappa shape index (κ1) is 11.6. The molecule has 0 radical (unpaired) electrons. The van der Waals surface area contributed by atoms with E-state index in [2.05, 4.69) is 15.6 Å². The summed E-state index contributed by atoms with van der Waals surface area (Å²) >= 11 is 0. The van der Waals surface area contributed by atoms with Gasteiger partial charge >= 0.3 is 0 Å². The molecule has 1 amide bonds. The molecule has 1 aromatic carbocycles. The van der Waals surface area contributed by atoms with E-state index in [1.54, 1.807) is 0 Å². The number of hydrogen-bond acceptors (Lipinski definition) is 3. The van der Waals surface area contributed by atoms with Gasteiger partial charge < -0.3 is 10.6 Å². The molecule has 2 rings (SSSR count). The Morgan fingerprint density at radius 3 is 2.94 bits per heavy atom. The minimum Gasteiger partial charge on any atom is -0.368 e. The summed E-state index contributed by atoms with van der Waals surface area (Å²) in [5, 5.41) is 6.10. The predicted octanol–water partition coefficient (Wildman–Crippen LogP) is 1.63. The number of nitrogens with one attached hydrogen (secondary N) is 2. The lowest BCUT2D eigenvalue weighted by atomic mass is 10.1. The van der Waals surface area contributed by atoms with E-state index in [-0.39, 0.29) is 11.8 Å². The molecule has 90 valence electrons.